The molecule has 1 heterocycles. The Balaban J connectivity index is 2.27. The second-order valence-corrected chi connectivity index (χ2v) is 4.57. The number of hydrogen-bond acceptors (Lipinski definition) is 3. The smallest absolute Gasteiger partial charge is 0.130 e. The molecule has 2 N–H and O–H groups in total. The summed E-state index contributed by atoms with van der Waals surface area (Å²) in [6, 6.07) is 3.59. The standard InChI is InChI=1S/C13H18F2N2O/c1-17(9-5-6-18-8-9)12(7-16)13-10(14)3-2-4-11(13)15/h2-4,9,12H,5-8,16H2,1H3. The summed E-state index contributed by atoms with van der Waals surface area (Å²) in [7, 11) is 1.84. The molecule has 0 bridgehead atoms. The van der Waals surface area contributed by atoms with Crippen LogP contribution in [0.25, 0.3) is 0 Å². The second-order valence-electron chi connectivity index (χ2n) is 4.57. The average Bonchev–Trinajstić information content (AvgIpc) is 2.87. The number of nitrogens with two attached hydrogens (primary N) is 1. The molecule has 2 atom stereocenters. The number of benzene rings is 1. The molecule has 1 saturated heterocycles. The zero-order valence-corrected chi connectivity index (χ0v) is 10.4. The highest BCUT2D eigenvalue weighted by atomic mass is 19.1. The quantitative estimate of drug-likeness (QED) is 0.891. The number of halogens is 2. The van der Waals surface area contributed by atoms with Crippen LogP contribution in [0.4, 0.5) is 8.78 Å². The summed E-state index contributed by atoms with van der Waals surface area (Å²) in [5.41, 5.74) is 5.75. The first-order valence-corrected chi connectivity index (χ1v) is 6.08. The van der Waals surface area contributed by atoms with E-state index in [0.29, 0.717) is 13.2 Å². The van der Waals surface area contributed by atoms with E-state index in [1.54, 1.807) is 0 Å². The van der Waals surface area contributed by atoms with Gasteiger partial charge in [-0.05, 0) is 25.6 Å². The largest absolute Gasteiger partial charge is 0.380 e. The number of ether oxygens (including phenoxy) is 1. The lowest BCUT2D eigenvalue weighted by Crippen LogP contribution is -2.39. The fourth-order valence-corrected chi connectivity index (χ4v) is 2.41. The van der Waals surface area contributed by atoms with Crippen molar-refractivity contribution in [2.45, 2.75) is 18.5 Å². The highest BCUT2D eigenvalue weighted by Crippen LogP contribution is 2.27. The van der Waals surface area contributed by atoms with Gasteiger partial charge >= 0.3 is 0 Å². The molecule has 1 aliphatic heterocycles. The van der Waals surface area contributed by atoms with Crippen molar-refractivity contribution < 1.29 is 13.5 Å². The van der Waals surface area contributed by atoms with E-state index in [-0.39, 0.29) is 18.2 Å². The normalized spacial score (nSPS) is 21.5. The van der Waals surface area contributed by atoms with Gasteiger partial charge in [0.1, 0.15) is 11.6 Å². The summed E-state index contributed by atoms with van der Waals surface area (Å²) >= 11 is 0. The van der Waals surface area contributed by atoms with Crippen LogP contribution in [0.2, 0.25) is 0 Å². The van der Waals surface area contributed by atoms with Gasteiger partial charge in [0.25, 0.3) is 0 Å². The minimum Gasteiger partial charge on any atom is -0.380 e. The summed E-state index contributed by atoms with van der Waals surface area (Å²) in [6.45, 7) is 1.44. The van der Waals surface area contributed by atoms with E-state index in [9.17, 15) is 8.78 Å². The van der Waals surface area contributed by atoms with E-state index in [2.05, 4.69) is 0 Å². The molecule has 1 aromatic rings. The molecule has 0 amide bonds. The van der Waals surface area contributed by atoms with Gasteiger partial charge in [-0.2, -0.15) is 0 Å². The molecule has 0 radical (unpaired) electrons. The van der Waals surface area contributed by atoms with Gasteiger partial charge in [-0.3, -0.25) is 4.90 Å². The maximum Gasteiger partial charge on any atom is 0.130 e. The molecule has 1 fully saturated rings. The van der Waals surface area contributed by atoms with Gasteiger partial charge in [-0.15, -0.1) is 0 Å². The van der Waals surface area contributed by atoms with Crippen LogP contribution < -0.4 is 5.73 Å². The lowest BCUT2D eigenvalue weighted by atomic mass is 10.0. The molecule has 100 valence electrons. The predicted octanol–water partition coefficient (Wildman–Crippen LogP) is 1.69. The Bertz CT molecular complexity index is 388. The van der Waals surface area contributed by atoms with Crippen LogP contribution >= 0.6 is 0 Å². The SMILES string of the molecule is CN(C1CCOC1)C(CN)c1c(F)cccc1F. The molecule has 0 spiro atoms. The molecule has 2 unspecified atom stereocenters. The molecule has 3 nitrogen and oxygen atoms in total. The van der Waals surface area contributed by atoms with Crippen molar-refractivity contribution in [3.8, 4) is 0 Å². The topological polar surface area (TPSA) is 38.5 Å². The zero-order valence-electron chi connectivity index (χ0n) is 10.4. The molecule has 5 heteroatoms. The fraction of sp³-hybridized carbons (Fsp3) is 0.538. The minimum absolute atomic E-state index is 0.0504. The van der Waals surface area contributed by atoms with Crippen LogP contribution in [0, 0.1) is 11.6 Å². The Hall–Kier alpha value is -1.04. The van der Waals surface area contributed by atoms with Gasteiger partial charge in [-0.25, -0.2) is 8.78 Å². The van der Waals surface area contributed by atoms with Crippen molar-refractivity contribution in [2.75, 3.05) is 26.8 Å². The van der Waals surface area contributed by atoms with E-state index < -0.39 is 17.7 Å². The minimum atomic E-state index is -0.545. The maximum atomic E-state index is 13.8. The highest BCUT2D eigenvalue weighted by molar-refractivity contribution is 5.24. The lowest BCUT2D eigenvalue weighted by Gasteiger charge is -2.32. The number of hydrogen-bond donors (Lipinski definition) is 1. The number of nitrogens with zero attached hydrogens (tertiary/aromatic N) is 1. The molecule has 18 heavy (non-hydrogen) atoms. The van der Waals surface area contributed by atoms with Crippen LogP contribution in [-0.4, -0.2) is 37.7 Å². The Morgan fingerprint density at radius 1 is 1.44 bits per heavy atom. The maximum absolute atomic E-state index is 13.8. The molecule has 1 aliphatic rings. The lowest BCUT2D eigenvalue weighted by molar-refractivity contribution is 0.131. The first kappa shape index (κ1) is 13.4. The van der Waals surface area contributed by atoms with E-state index in [1.807, 2.05) is 11.9 Å². The summed E-state index contributed by atoms with van der Waals surface area (Å²) in [6.07, 6.45) is 0.864. The van der Waals surface area contributed by atoms with E-state index >= 15 is 0 Å². The van der Waals surface area contributed by atoms with Crippen molar-refractivity contribution in [3.63, 3.8) is 0 Å². The Morgan fingerprint density at radius 3 is 2.61 bits per heavy atom. The first-order valence-electron chi connectivity index (χ1n) is 6.08. The van der Waals surface area contributed by atoms with E-state index in [4.69, 9.17) is 10.5 Å². The van der Waals surface area contributed by atoms with Gasteiger partial charge in [0.15, 0.2) is 0 Å². The van der Waals surface area contributed by atoms with Crippen LogP contribution in [0.15, 0.2) is 18.2 Å². The first-order chi connectivity index (χ1) is 8.65. The van der Waals surface area contributed by atoms with Crippen molar-refractivity contribution >= 4 is 0 Å². The summed E-state index contributed by atoms with van der Waals surface area (Å²) in [5.74, 6) is -1.09. The zero-order chi connectivity index (χ0) is 13.1. The van der Waals surface area contributed by atoms with Crippen LogP contribution in [-0.2, 0) is 4.74 Å². The van der Waals surface area contributed by atoms with Crippen molar-refractivity contribution in [3.05, 3.63) is 35.4 Å². The van der Waals surface area contributed by atoms with Gasteiger partial charge in [0.2, 0.25) is 0 Å². The van der Waals surface area contributed by atoms with Gasteiger partial charge in [0, 0.05) is 24.8 Å². The predicted molar refractivity (Wildman–Crippen MR) is 65.1 cm³/mol. The molecule has 0 aliphatic carbocycles. The summed E-state index contributed by atoms with van der Waals surface area (Å²) in [5, 5.41) is 0. The second kappa shape index (κ2) is 5.73. The Kier molecular flexibility index (Phi) is 4.27. The molecule has 1 aromatic carbocycles. The molecule has 0 aromatic heterocycles. The van der Waals surface area contributed by atoms with Crippen molar-refractivity contribution in [2.24, 2.45) is 5.73 Å². The third-order valence-corrected chi connectivity index (χ3v) is 3.53. The Labute approximate surface area is 106 Å². The molecule has 2 rings (SSSR count). The van der Waals surface area contributed by atoms with Crippen molar-refractivity contribution in [1.82, 2.24) is 4.90 Å². The third kappa shape index (κ3) is 2.53. The van der Waals surface area contributed by atoms with E-state index in [0.717, 1.165) is 6.42 Å². The highest BCUT2D eigenvalue weighted by Gasteiger charge is 2.29. The number of rotatable bonds is 4. The molecular weight excluding hydrogens is 238 g/mol. The molecule has 0 saturated carbocycles. The van der Waals surface area contributed by atoms with Crippen molar-refractivity contribution in [1.29, 1.82) is 0 Å². The summed E-state index contributed by atoms with van der Waals surface area (Å²) < 4.78 is 32.9. The van der Waals surface area contributed by atoms with Crippen LogP contribution in [0.3, 0.4) is 0 Å². The molecular formula is C13H18F2N2O. The fourth-order valence-electron chi connectivity index (χ4n) is 2.41. The van der Waals surface area contributed by atoms with Gasteiger partial charge in [-0.1, -0.05) is 6.07 Å². The van der Waals surface area contributed by atoms with Crippen LogP contribution in [0.5, 0.6) is 0 Å². The average molecular weight is 256 g/mol. The number of likely N-dealkylation sites (N-methyl/N-ethyl adjacent to an activating group) is 1. The van der Waals surface area contributed by atoms with Crippen LogP contribution in [0.1, 0.15) is 18.0 Å². The summed E-state index contributed by atoms with van der Waals surface area (Å²) in [4.78, 5) is 1.91. The Morgan fingerprint density at radius 2 is 2.11 bits per heavy atom. The third-order valence-electron chi connectivity index (χ3n) is 3.53. The van der Waals surface area contributed by atoms with Gasteiger partial charge in [0.05, 0.1) is 12.6 Å². The van der Waals surface area contributed by atoms with Gasteiger partial charge < -0.3 is 10.5 Å². The monoisotopic (exact) mass is 256 g/mol. The van der Waals surface area contributed by atoms with E-state index in [1.165, 1.54) is 18.2 Å².